The van der Waals surface area contributed by atoms with Crippen LogP contribution in [0.4, 0.5) is 0 Å². The van der Waals surface area contributed by atoms with Gasteiger partial charge in [0.25, 0.3) is 0 Å². The van der Waals surface area contributed by atoms with Crippen LogP contribution in [0.5, 0.6) is 0 Å². The quantitative estimate of drug-likeness (QED) is 0.194. The minimum absolute atomic E-state index is 0.186. The van der Waals surface area contributed by atoms with Gasteiger partial charge in [0.05, 0.1) is 6.04 Å². The molecule has 6 nitrogen and oxygen atoms in total. The molecule has 3 atom stereocenters. The van der Waals surface area contributed by atoms with Gasteiger partial charge in [0.15, 0.2) is 0 Å². The molecular weight excluding hydrogens is 184 g/mol. The van der Waals surface area contributed by atoms with Crippen LogP contribution in [-0.2, 0) is 0 Å². The summed E-state index contributed by atoms with van der Waals surface area (Å²) >= 11 is 0. The van der Waals surface area contributed by atoms with E-state index in [1.165, 1.54) is 0 Å². The van der Waals surface area contributed by atoms with E-state index in [1.807, 2.05) is 0 Å². The fraction of sp³-hybridized carbons (Fsp3) is 1.00. The fourth-order valence-corrected chi connectivity index (χ4v) is 1.12. The normalized spacial score (nSPS) is 17.8. The summed E-state index contributed by atoms with van der Waals surface area (Å²) in [5, 5.41) is 21.2. The van der Waals surface area contributed by atoms with Crippen molar-refractivity contribution in [3.8, 4) is 0 Å². The second kappa shape index (κ2) is 8.10. The molecule has 0 heterocycles. The predicted molar refractivity (Wildman–Crippen MR) is 55.1 cm³/mol. The van der Waals surface area contributed by atoms with Crippen LogP contribution in [-0.4, -0.2) is 41.8 Å². The van der Waals surface area contributed by atoms with Gasteiger partial charge in [-0.15, -0.1) is 0 Å². The molecule has 0 rings (SSSR count). The van der Waals surface area contributed by atoms with Crippen molar-refractivity contribution in [2.45, 2.75) is 37.8 Å². The van der Waals surface area contributed by atoms with Gasteiger partial charge in [-0.05, 0) is 25.8 Å². The van der Waals surface area contributed by atoms with E-state index in [9.17, 15) is 5.11 Å². The van der Waals surface area contributed by atoms with Crippen LogP contribution in [0, 0.1) is 0 Å². The van der Waals surface area contributed by atoms with Crippen molar-refractivity contribution in [2.24, 2.45) is 17.2 Å². The van der Waals surface area contributed by atoms with Crippen molar-refractivity contribution in [1.29, 1.82) is 0 Å². The Balaban J connectivity index is 3.62. The number of hydrogen-bond donors (Lipinski definition) is 6. The molecule has 0 radical (unpaired) electrons. The third-order valence-electron chi connectivity index (χ3n) is 2.00. The van der Waals surface area contributed by atoms with E-state index in [4.69, 9.17) is 22.3 Å². The van der Waals surface area contributed by atoms with Crippen LogP contribution in [0.25, 0.3) is 0 Å². The van der Waals surface area contributed by atoms with Gasteiger partial charge in [-0.3, -0.25) is 5.32 Å². The molecule has 0 bridgehead atoms. The Hall–Kier alpha value is -0.240. The van der Waals surface area contributed by atoms with Gasteiger partial charge in [0.1, 0.15) is 12.5 Å². The van der Waals surface area contributed by atoms with E-state index in [0.717, 1.165) is 12.8 Å². The molecule has 0 aliphatic carbocycles. The molecule has 0 fully saturated rings. The van der Waals surface area contributed by atoms with E-state index in [1.54, 1.807) is 0 Å². The van der Waals surface area contributed by atoms with Crippen LogP contribution in [0.3, 0.4) is 0 Å². The molecule has 2 unspecified atom stereocenters. The molecule has 0 aromatic rings. The summed E-state index contributed by atoms with van der Waals surface area (Å²) in [5.41, 5.74) is 15.9. The van der Waals surface area contributed by atoms with Crippen molar-refractivity contribution in [1.82, 2.24) is 5.32 Å². The summed E-state index contributed by atoms with van der Waals surface area (Å²) < 4.78 is 0. The zero-order chi connectivity index (χ0) is 11.0. The lowest BCUT2D eigenvalue weighted by Crippen LogP contribution is -2.53. The first-order valence-corrected chi connectivity index (χ1v) is 4.89. The molecule has 6 heteroatoms. The van der Waals surface area contributed by atoms with Crippen molar-refractivity contribution in [3.05, 3.63) is 0 Å². The minimum atomic E-state index is -1.05. The van der Waals surface area contributed by atoms with E-state index in [-0.39, 0.29) is 6.54 Å². The van der Waals surface area contributed by atoms with Crippen molar-refractivity contribution < 1.29 is 10.2 Å². The molecule has 0 spiro atoms. The van der Waals surface area contributed by atoms with Crippen LogP contribution in [0.1, 0.15) is 19.3 Å². The Bertz CT molecular complexity index is 135. The molecular formula is C8H22N4O2. The summed E-state index contributed by atoms with van der Waals surface area (Å²) in [6.45, 7) is 0.804. The average molecular weight is 206 g/mol. The van der Waals surface area contributed by atoms with E-state index >= 15 is 0 Å². The number of nitrogens with one attached hydrogen (secondary N) is 1. The molecule has 0 saturated carbocycles. The van der Waals surface area contributed by atoms with Gasteiger partial charge in [-0.1, -0.05) is 0 Å². The minimum Gasteiger partial charge on any atom is -0.379 e. The maximum Gasteiger partial charge on any atom is 0.119 e. The van der Waals surface area contributed by atoms with Crippen molar-refractivity contribution in [3.63, 3.8) is 0 Å². The molecule has 0 amide bonds. The lowest BCUT2D eigenvalue weighted by atomic mass is 10.2. The molecule has 0 aromatic carbocycles. The molecule has 0 saturated heterocycles. The number of hydrogen-bond acceptors (Lipinski definition) is 6. The van der Waals surface area contributed by atoms with E-state index < -0.39 is 18.5 Å². The van der Waals surface area contributed by atoms with Crippen molar-refractivity contribution >= 4 is 0 Å². The standard InChI is InChI=1S/C8H22N4O2/c9-4-2-1-3-7(13)12-6(5-10)8(11)14/h6-8,12-14H,1-5,9-11H2/t6-,7?,8?/m0/s1. The molecule has 0 aliphatic heterocycles. The third kappa shape index (κ3) is 6.25. The largest absolute Gasteiger partial charge is 0.379 e. The highest BCUT2D eigenvalue weighted by Crippen LogP contribution is 1.99. The van der Waals surface area contributed by atoms with Gasteiger partial charge in [-0.25, -0.2) is 0 Å². The van der Waals surface area contributed by atoms with Crippen LogP contribution in [0.15, 0.2) is 0 Å². The van der Waals surface area contributed by atoms with E-state index in [2.05, 4.69) is 5.32 Å². The number of unbranched alkanes of at least 4 members (excludes halogenated alkanes) is 1. The lowest BCUT2D eigenvalue weighted by Gasteiger charge is -2.23. The predicted octanol–water partition coefficient (Wildman–Crippen LogP) is -2.37. The van der Waals surface area contributed by atoms with Crippen LogP contribution >= 0.6 is 0 Å². The maximum atomic E-state index is 9.45. The van der Waals surface area contributed by atoms with E-state index in [0.29, 0.717) is 13.0 Å². The monoisotopic (exact) mass is 206 g/mol. The first-order chi connectivity index (χ1) is 6.61. The summed E-state index contributed by atoms with van der Waals surface area (Å²) in [6.07, 6.45) is 0.553. The number of nitrogens with two attached hydrogens (primary N) is 3. The number of aliphatic hydroxyl groups excluding tert-OH is 2. The fourth-order valence-electron chi connectivity index (χ4n) is 1.12. The molecule has 0 aromatic heterocycles. The highest BCUT2D eigenvalue weighted by molar-refractivity contribution is 4.73. The molecule has 14 heavy (non-hydrogen) atoms. The Morgan fingerprint density at radius 1 is 1.14 bits per heavy atom. The van der Waals surface area contributed by atoms with Crippen molar-refractivity contribution in [2.75, 3.05) is 13.1 Å². The van der Waals surface area contributed by atoms with Crippen LogP contribution < -0.4 is 22.5 Å². The first kappa shape index (κ1) is 13.8. The Morgan fingerprint density at radius 3 is 2.21 bits per heavy atom. The molecule has 86 valence electrons. The van der Waals surface area contributed by atoms with Crippen LogP contribution in [0.2, 0.25) is 0 Å². The smallest absolute Gasteiger partial charge is 0.119 e. The SMILES string of the molecule is NCCCCC(O)N[C@@H](CN)C(N)O. The Morgan fingerprint density at radius 2 is 1.79 bits per heavy atom. The third-order valence-corrected chi connectivity index (χ3v) is 2.00. The topological polar surface area (TPSA) is 131 Å². The van der Waals surface area contributed by atoms with Gasteiger partial charge in [0.2, 0.25) is 0 Å². The maximum absolute atomic E-state index is 9.45. The number of aliphatic hydroxyl groups is 2. The van der Waals surface area contributed by atoms with Gasteiger partial charge in [0, 0.05) is 6.54 Å². The lowest BCUT2D eigenvalue weighted by molar-refractivity contribution is 0.0646. The zero-order valence-electron chi connectivity index (χ0n) is 8.39. The average Bonchev–Trinajstić information content (AvgIpc) is 2.14. The van der Waals surface area contributed by atoms with Gasteiger partial charge < -0.3 is 27.4 Å². The Labute approximate surface area is 84.5 Å². The van der Waals surface area contributed by atoms with Gasteiger partial charge in [-0.2, -0.15) is 0 Å². The summed E-state index contributed by atoms with van der Waals surface area (Å²) in [5.74, 6) is 0. The van der Waals surface area contributed by atoms with Gasteiger partial charge >= 0.3 is 0 Å². The second-order valence-electron chi connectivity index (χ2n) is 3.30. The summed E-state index contributed by atoms with van der Waals surface area (Å²) in [7, 11) is 0. The second-order valence-corrected chi connectivity index (χ2v) is 3.30. The summed E-state index contributed by atoms with van der Waals surface area (Å²) in [4.78, 5) is 0. The number of rotatable bonds is 8. The highest BCUT2D eigenvalue weighted by Gasteiger charge is 2.16. The first-order valence-electron chi connectivity index (χ1n) is 4.89. The highest BCUT2D eigenvalue weighted by atomic mass is 16.3. The summed E-state index contributed by atoms with van der Waals surface area (Å²) in [6, 6.07) is -0.470. The Kier molecular flexibility index (Phi) is 7.96. The molecule has 9 N–H and O–H groups in total. The zero-order valence-corrected chi connectivity index (χ0v) is 8.39. The molecule has 0 aliphatic rings.